The molecule has 0 aliphatic heterocycles. The van der Waals surface area contributed by atoms with E-state index in [0.29, 0.717) is 0 Å². The molecular formula is C10H13N3O5. The minimum Gasteiger partial charge on any atom is -0.480 e. The third kappa shape index (κ3) is 3.58. The summed E-state index contributed by atoms with van der Waals surface area (Å²) in [6, 6.07) is 0.0961. The van der Waals surface area contributed by atoms with Gasteiger partial charge in [-0.2, -0.15) is 5.10 Å². The largest absolute Gasteiger partial charge is 0.480 e. The molecule has 1 aromatic heterocycles. The van der Waals surface area contributed by atoms with Crippen LogP contribution in [0.15, 0.2) is 12.3 Å². The highest BCUT2D eigenvalue weighted by Gasteiger charge is 2.24. The van der Waals surface area contributed by atoms with Gasteiger partial charge in [-0.25, -0.2) is 4.79 Å². The first-order chi connectivity index (χ1) is 8.43. The zero-order valence-electron chi connectivity index (χ0n) is 9.91. The van der Waals surface area contributed by atoms with Crippen LogP contribution in [0, 0.1) is 0 Å². The molecular weight excluding hydrogens is 242 g/mol. The van der Waals surface area contributed by atoms with Crippen molar-refractivity contribution in [3.05, 3.63) is 18.0 Å². The molecule has 1 amide bonds. The number of esters is 1. The van der Waals surface area contributed by atoms with Crippen LogP contribution in [0.4, 0.5) is 0 Å². The zero-order chi connectivity index (χ0) is 13.7. The monoisotopic (exact) mass is 255 g/mol. The smallest absolute Gasteiger partial charge is 0.326 e. The average Bonchev–Trinajstić information content (AvgIpc) is 2.74. The molecule has 0 aliphatic carbocycles. The van der Waals surface area contributed by atoms with Crippen LogP contribution in [-0.2, 0) is 21.4 Å². The van der Waals surface area contributed by atoms with E-state index in [1.54, 1.807) is 13.2 Å². The molecule has 0 radical (unpaired) electrons. The Balaban J connectivity index is 2.69. The molecule has 18 heavy (non-hydrogen) atoms. The van der Waals surface area contributed by atoms with Crippen molar-refractivity contribution in [3.63, 3.8) is 0 Å². The Morgan fingerprint density at radius 2 is 2.22 bits per heavy atom. The number of carbonyl (C=O) groups excluding carboxylic acids is 2. The fourth-order valence-corrected chi connectivity index (χ4v) is 1.22. The van der Waals surface area contributed by atoms with E-state index >= 15 is 0 Å². The molecule has 0 saturated carbocycles. The second kappa shape index (κ2) is 5.80. The van der Waals surface area contributed by atoms with Crippen molar-refractivity contribution in [2.24, 2.45) is 7.05 Å². The molecule has 0 fully saturated rings. The number of nitrogens with one attached hydrogen (secondary N) is 1. The number of carbonyl (C=O) groups is 3. The number of methoxy groups -OCH3 is 1. The SMILES string of the molecule is COC(=O)C[C@H](NC(=O)c1ccn(C)n1)C(=O)O. The van der Waals surface area contributed by atoms with Gasteiger partial charge in [0, 0.05) is 13.2 Å². The number of aliphatic carboxylic acids is 1. The van der Waals surface area contributed by atoms with Crippen molar-refractivity contribution in [1.82, 2.24) is 15.1 Å². The molecule has 1 atom stereocenters. The number of amides is 1. The number of hydrogen-bond acceptors (Lipinski definition) is 5. The Hall–Kier alpha value is -2.38. The normalized spacial score (nSPS) is 11.7. The minimum atomic E-state index is -1.34. The molecule has 0 bridgehead atoms. The fourth-order valence-electron chi connectivity index (χ4n) is 1.22. The summed E-state index contributed by atoms with van der Waals surface area (Å²) in [5.74, 6) is -2.69. The number of aromatic nitrogens is 2. The summed E-state index contributed by atoms with van der Waals surface area (Å²) in [6.45, 7) is 0. The third-order valence-electron chi connectivity index (χ3n) is 2.15. The highest BCUT2D eigenvalue weighted by molar-refractivity contribution is 5.95. The Morgan fingerprint density at radius 1 is 1.56 bits per heavy atom. The van der Waals surface area contributed by atoms with Crippen LogP contribution < -0.4 is 5.32 Å². The van der Waals surface area contributed by atoms with E-state index in [-0.39, 0.29) is 5.69 Å². The summed E-state index contributed by atoms with van der Waals surface area (Å²) >= 11 is 0. The van der Waals surface area contributed by atoms with Gasteiger partial charge in [0.05, 0.1) is 13.5 Å². The maximum atomic E-state index is 11.6. The number of aryl methyl sites for hydroxylation is 1. The lowest BCUT2D eigenvalue weighted by Crippen LogP contribution is -2.42. The number of rotatable bonds is 5. The van der Waals surface area contributed by atoms with Crippen molar-refractivity contribution in [2.75, 3.05) is 7.11 Å². The summed E-state index contributed by atoms with van der Waals surface area (Å²) in [7, 11) is 2.77. The maximum absolute atomic E-state index is 11.6. The molecule has 8 heteroatoms. The van der Waals surface area contributed by atoms with E-state index in [9.17, 15) is 14.4 Å². The highest BCUT2D eigenvalue weighted by Crippen LogP contribution is 1.99. The quantitative estimate of drug-likeness (QED) is 0.664. The zero-order valence-corrected chi connectivity index (χ0v) is 9.91. The van der Waals surface area contributed by atoms with Crippen molar-refractivity contribution in [3.8, 4) is 0 Å². The van der Waals surface area contributed by atoms with E-state index in [2.05, 4.69) is 15.2 Å². The second-order valence-corrected chi connectivity index (χ2v) is 3.52. The Labute approximate surface area is 103 Å². The summed E-state index contributed by atoms with van der Waals surface area (Å²) in [6.07, 6.45) is 1.11. The number of hydrogen-bond donors (Lipinski definition) is 2. The number of ether oxygens (including phenoxy) is 1. The fraction of sp³-hybridized carbons (Fsp3) is 0.400. The maximum Gasteiger partial charge on any atom is 0.326 e. The molecule has 1 heterocycles. The van der Waals surface area contributed by atoms with Crippen LogP contribution in [0.5, 0.6) is 0 Å². The van der Waals surface area contributed by atoms with E-state index in [0.717, 1.165) is 7.11 Å². The number of nitrogens with zero attached hydrogens (tertiary/aromatic N) is 2. The van der Waals surface area contributed by atoms with E-state index in [1.165, 1.54) is 10.7 Å². The first-order valence-electron chi connectivity index (χ1n) is 5.04. The van der Waals surface area contributed by atoms with E-state index in [1.807, 2.05) is 0 Å². The predicted molar refractivity (Wildman–Crippen MR) is 58.7 cm³/mol. The van der Waals surface area contributed by atoms with Gasteiger partial charge in [-0.05, 0) is 6.07 Å². The van der Waals surface area contributed by atoms with Gasteiger partial charge in [0.15, 0.2) is 0 Å². The van der Waals surface area contributed by atoms with Gasteiger partial charge in [-0.3, -0.25) is 14.3 Å². The minimum absolute atomic E-state index is 0.0774. The van der Waals surface area contributed by atoms with Gasteiger partial charge >= 0.3 is 11.9 Å². The first kappa shape index (κ1) is 13.7. The Kier molecular flexibility index (Phi) is 4.41. The standard InChI is InChI=1S/C10H13N3O5/c1-13-4-3-6(12-13)9(15)11-7(10(16)17)5-8(14)18-2/h3-4,7H,5H2,1-2H3,(H,11,15)(H,16,17)/t7-/m0/s1. The third-order valence-corrected chi connectivity index (χ3v) is 2.15. The van der Waals surface area contributed by atoms with Crippen LogP contribution in [0.25, 0.3) is 0 Å². The molecule has 0 saturated heterocycles. The number of carboxylic acids is 1. The van der Waals surface area contributed by atoms with Gasteiger partial charge in [0.1, 0.15) is 11.7 Å². The molecule has 1 rings (SSSR count). The summed E-state index contributed by atoms with van der Waals surface area (Å²) in [5.41, 5.74) is 0.0774. The molecule has 0 spiro atoms. The molecule has 8 nitrogen and oxygen atoms in total. The van der Waals surface area contributed by atoms with E-state index in [4.69, 9.17) is 5.11 Å². The predicted octanol–water partition coefficient (Wildman–Crippen LogP) is -0.834. The Bertz CT molecular complexity index is 468. The average molecular weight is 255 g/mol. The topological polar surface area (TPSA) is 111 Å². The van der Waals surface area contributed by atoms with Gasteiger partial charge in [0.2, 0.25) is 0 Å². The summed E-state index contributed by atoms with van der Waals surface area (Å²) < 4.78 is 5.76. The van der Waals surface area contributed by atoms with Crippen molar-refractivity contribution < 1.29 is 24.2 Å². The van der Waals surface area contributed by atoms with Crippen LogP contribution >= 0.6 is 0 Å². The lowest BCUT2D eigenvalue weighted by atomic mass is 10.2. The molecule has 2 N–H and O–H groups in total. The van der Waals surface area contributed by atoms with Crippen LogP contribution in [0.1, 0.15) is 16.9 Å². The molecule has 0 aliphatic rings. The summed E-state index contributed by atoms with van der Waals surface area (Å²) in [5, 5.41) is 14.9. The summed E-state index contributed by atoms with van der Waals surface area (Å²) in [4.78, 5) is 33.5. The van der Waals surface area contributed by atoms with Gasteiger partial charge in [-0.1, -0.05) is 0 Å². The Morgan fingerprint density at radius 3 is 2.67 bits per heavy atom. The van der Waals surface area contributed by atoms with Crippen LogP contribution in [-0.4, -0.2) is 45.9 Å². The lowest BCUT2D eigenvalue weighted by molar-refractivity contribution is -0.147. The number of carboxylic acid groups (broad SMARTS) is 1. The molecule has 0 aromatic carbocycles. The lowest BCUT2D eigenvalue weighted by Gasteiger charge is -2.12. The van der Waals surface area contributed by atoms with Gasteiger partial charge in [-0.15, -0.1) is 0 Å². The first-order valence-corrected chi connectivity index (χ1v) is 5.04. The van der Waals surface area contributed by atoms with Crippen LogP contribution in [0.2, 0.25) is 0 Å². The van der Waals surface area contributed by atoms with Crippen LogP contribution in [0.3, 0.4) is 0 Å². The highest BCUT2D eigenvalue weighted by atomic mass is 16.5. The van der Waals surface area contributed by atoms with Crippen molar-refractivity contribution >= 4 is 17.8 Å². The molecule has 0 unspecified atom stereocenters. The second-order valence-electron chi connectivity index (χ2n) is 3.52. The van der Waals surface area contributed by atoms with E-state index < -0.39 is 30.3 Å². The van der Waals surface area contributed by atoms with Gasteiger partial charge in [0.25, 0.3) is 5.91 Å². The molecule has 1 aromatic rings. The molecule has 98 valence electrons. The van der Waals surface area contributed by atoms with Crippen molar-refractivity contribution in [2.45, 2.75) is 12.5 Å². The van der Waals surface area contributed by atoms with Gasteiger partial charge < -0.3 is 15.2 Å². The van der Waals surface area contributed by atoms with Crippen molar-refractivity contribution in [1.29, 1.82) is 0 Å².